The summed E-state index contributed by atoms with van der Waals surface area (Å²) in [6.45, 7) is 0. The van der Waals surface area contributed by atoms with Crippen LogP contribution in [-0.2, 0) is 4.74 Å². The topological polar surface area (TPSA) is 9.23 Å². The van der Waals surface area contributed by atoms with Crippen molar-refractivity contribution in [1.29, 1.82) is 0 Å². The molecule has 0 saturated heterocycles. The average molecular weight is 241 g/mol. The maximum atomic E-state index is 5.54. The number of hydrogen-bond donors (Lipinski definition) is 0. The minimum atomic E-state index is 0.324. The van der Waals surface area contributed by atoms with Crippen molar-refractivity contribution >= 4 is 15.9 Å². The van der Waals surface area contributed by atoms with Crippen LogP contribution in [0.1, 0.15) is 6.42 Å². The molecule has 13 heavy (non-hydrogen) atoms. The van der Waals surface area contributed by atoms with Gasteiger partial charge in [0.1, 0.15) is 0 Å². The van der Waals surface area contributed by atoms with Gasteiger partial charge in [-0.2, -0.15) is 0 Å². The normalized spacial score (nSPS) is 51.2. The van der Waals surface area contributed by atoms with E-state index in [1.807, 2.05) is 7.11 Å². The molecule has 0 heterocycles. The van der Waals surface area contributed by atoms with Crippen LogP contribution in [0.3, 0.4) is 0 Å². The Balaban J connectivity index is 1.97. The smallest absolute Gasteiger partial charge is 0.0922 e. The average Bonchev–Trinajstić information content (AvgIpc) is 2.72. The zero-order valence-corrected chi connectivity index (χ0v) is 9.20. The molecular formula is C11H13BrO. The summed E-state index contributed by atoms with van der Waals surface area (Å²) in [5.41, 5.74) is 0. The second kappa shape index (κ2) is 2.71. The summed E-state index contributed by atoms with van der Waals surface area (Å²) in [6, 6.07) is 0. The molecule has 2 bridgehead atoms. The van der Waals surface area contributed by atoms with Crippen molar-refractivity contribution in [2.24, 2.45) is 23.7 Å². The van der Waals surface area contributed by atoms with E-state index in [0.717, 1.165) is 23.7 Å². The summed E-state index contributed by atoms with van der Waals surface area (Å²) in [6.07, 6.45) is 8.82. The standard InChI is InChI=1S/C11H13BrO/c1-13-11-9(12)5-8-6-2-3-7(4-6)10(8)11/h2-3,5-8,10-11H,4H2,1H3/t6-,7?,8-,10+,11-/m0/s1. The highest BCUT2D eigenvalue weighted by Crippen LogP contribution is 2.55. The molecule has 1 saturated carbocycles. The van der Waals surface area contributed by atoms with Crippen LogP contribution in [0.2, 0.25) is 0 Å². The van der Waals surface area contributed by atoms with Crippen molar-refractivity contribution in [3.8, 4) is 0 Å². The first kappa shape index (κ1) is 8.25. The lowest BCUT2D eigenvalue weighted by Gasteiger charge is -2.25. The second-order valence-electron chi connectivity index (χ2n) is 4.31. The van der Waals surface area contributed by atoms with Gasteiger partial charge in [0.15, 0.2) is 0 Å². The molecule has 0 N–H and O–H groups in total. The van der Waals surface area contributed by atoms with Gasteiger partial charge in [0.25, 0.3) is 0 Å². The fraction of sp³-hybridized carbons (Fsp3) is 0.636. The third-order valence-corrected chi connectivity index (χ3v) is 4.53. The van der Waals surface area contributed by atoms with E-state index in [-0.39, 0.29) is 0 Å². The van der Waals surface area contributed by atoms with Crippen LogP contribution in [0, 0.1) is 23.7 Å². The minimum absolute atomic E-state index is 0.324. The van der Waals surface area contributed by atoms with Gasteiger partial charge in [0.05, 0.1) is 6.10 Å². The van der Waals surface area contributed by atoms with Crippen LogP contribution < -0.4 is 0 Å². The highest BCUT2D eigenvalue weighted by atomic mass is 79.9. The van der Waals surface area contributed by atoms with E-state index in [1.165, 1.54) is 10.9 Å². The molecular weight excluding hydrogens is 228 g/mol. The third-order valence-electron chi connectivity index (χ3n) is 3.81. The molecule has 0 aromatic carbocycles. The Labute approximate surface area is 87.0 Å². The molecule has 0 aromatic rings. The Bertz CT molecular complexity index is 294. The fourth-order valence-corrected chi connectivity index (χ4v) is 4.09. The molecule has 3 aliphatic carbocycles. The minimum Gasteiger partial charge on any atom is -0.376 e. The third kappa shape index (κ3) is 0.962. The summed E-state index contributed by atoms with van der Waals surface area (Å²) in [7, 11) is 1.82. The van der Waals surface area contributed by atoms with Crippen molar-refractivity contribution in [3.05, 3.63) is 22.7 Å². The largest absolute Gasteiger partial charge is 0.376 e. The van der Waals surface area contributed by atoms with Gasteiger partial charge in [-0.3, -0.25) is 0 Å². The molecule has 0 spiro atoms. The molecule has 5 atom stereocenters. The van der Waals surface area contributed by atoms with Crippen LogP contribution in [0.15, 0.2) is 22.7 Å². The Morgan fingerprint density at radius 2 is 2.15 bits per heavy atom. The Morgan fingerprint density at radius 1 is 1.38 bits per heavy atom. The summed E-state index contributed by atoms with van der Waals surface area (Å²) >= 11 is 3.61. The Morgan fingerprint density at radius 3 is 2.92 bits per heavy atom. The van der Waals surface area contributed by atoms with Crippen molar-refractivity contribution in [3.63, 3.8) is 0 Å². The Kier molecular flexibility index (Phi) is 1.72. The SMILES string of the molecule is CO[C@H]1C(Br)=C[C@@H]2[C@H]1C1C=C[C@H]2C1. The number of fused-ring (bicyclic) bond motifs is 5. The number of rotatable bonds is 1. The molecule has 1 fully saturated rings. The van der Waals surface area contributed by atoms with E-state index < -0.39 is 0 Å². The summed E-state index contributed by atoms with van der Waals surface area (Å²) in [5, 5.41) is 0. The van der Waals surface area contributed by atoms with Crippen LogP contribution in [0.5, 0.6) is 0 Å². The Hall–Kier alpha value is -0.0800. The second-order valence-corrected chi connectivity index (χ2v) is 5.23. The van der Waals surface area contributed by atoms with Gasteiger partial charge in [-0.25, -0.2) is 0 Å². The van der Waals surface area contributed by atoms with Gasteiger partial charge in [-0.05, 0) is 24.2 Å². The van der Waals surface area contributed by atoms with E-state index >= 15 is 0 Å². The van der Waals surface area contributed by atoms with Gasteiger partial charge in [-0.1, -0.05) is 34.2 Å². The van der Waals surface area contributed by atoms with Gasteiger partial charge in [0.2, 0.25) is 0 Å². The number of ether oxygens (including phenoxy) is 1. The van der Waals surface area contributed by atoms with Crippen LogP contribution in [-0.4, -0.2) is 13.2 Å². The molecule has 1 unspecified atom stereocenters. The lowest BCUT2D eigenvalue weighted by atomic mass is 9.84. The van der Waals surface area contributed by atoms with Crippen LogP contribution in [0.25, 0.3) is 0 Å². The van der Waals surface area contributed by atoms with Gasteiger partial charge in [-0.15, -0.1) is 0 Å². The molecule has 0 amide bonds. The van der Waals surface area contributed by atoms with E-state index in [2.05, 4.69) is 34.2 Å². The summed E-state index contributed by atoms with van der Waals surface area (Å²) in [5.74, 6) is 3.03. The maximum absolute atomic E-state index is 5.54. The van der Waals surface area contributed by atoms with Crippen molar-refractivity contribution in [2.45, 2.75) is 12.5 Å². The van der Waals surface area contributed by atoms with Crippen LogP contribution >= 0.6 is 15.9 Å². The van der Waals surface area contributed by atoms with Gasteiger partial charge in [0, 0.05) is 17.5 Å². The predicted molar refractivity (Wildman–Crippen MR) is 55.5 cm³/mol. The number of allylic oxidation sites excluding steroid dienone is 3. The number of hydrogen-bond acceptors (Lipinski definition) is 1. The number of methoxy groups -OCH3 is 1. The fourth-order valence-electron chi connectivity index (χ4n) is 3.29. The molecule has 3 aliphatic rings. The predicted octanol–water partition coefficient (Wildman–Crippen LogP) is 2.73. The van der Waals surface area contributed by atoms with E-state index in [4.69, 9.17) is 4.74 Å². The molecule has 0 aromatic heterocycles. The summed E-state index contributed by atoms with van der Waals surface area (Å²) < 4.78 is 6.81. The van der Waals surface area contributed by atoms with Crippen molar-refractivity contribution < 1.29 is 4.74 Å². The zero-order chi connectivity index (χ0) is 9.00. The summed E-state index contributed by atoms with van der Waals surface area (Å²) in [4.78, 5) is 0. The van der Waals surface area contributed by atoms with Crippen molar-refractivity contribution in [2.75, 3.05) is 7.11 Å². The lowest BCUT2D eigenvalue weighted by molar-refractivity contribution is 0.0747. The van der Waals surface area contributed by atoms with Crippen LogP contribution in [0.4, 0.5) is 0 Å². The molecule has 0 aliphatic heterocycles. The highest BCUT2D eigenvalue weighted by Gasteiger charge is 2.51. The molecule has 70 valence electrons. The molecule has 3 rings (SSSR count). The van der Waals surface area contributed by atoms with Gasteiger partial charge >= 0.3 is 0 Å². The monoisotopic (exact) mass is 240 g/mol. The lowest BCUT2D eigenvalue weighted by Crippen LogP contribution is -2.26. The zero-order valence-electron chi connectivity index (χ0n) is 7.61. The highest BCUT2D eigenvalue weighted by molar-refractivity contribution is 9.11. The van der Waals surface area contributed by atoms with E-state index in [1.54, 1.807) is 0 Å². The maximum Gasteiger partial charge on any atom is 0.0922 e. The first-order valence-electron chi connectivity index (χ1n) is 4.89. The quantitative estimate of drug-likeness (QED) is 0.641. The molecule has 2 heteroatoms. The number of halogens is 1. The molecule has 1 nitrogen and oxygen atoms in total. The van der Waals surface area contributed by atoms with Crippen molar-refractivity contribution in [1.82, 2.24) is 0 Å². The first-order chi connectivity index (χ1) is 6.31. The molecule has 0 radical (unpaired) electrons. The first-order valence-corrected chi connectivity index (χ1v) is 5.69. The van der Waals surface area contributed by atoms with E-state index in [9.17, 15) is 0 Å². The van der Waals surface area contributed by atoms with Gasteiger partial charge < -0.3 is 4.74 Å². The van der Waals surface area contributed by atoms with E-state index in [0.29, 0.717) is 6.10 Å².